The van der Waals surface area contributed by atoms with E-state index in [0.29, 0.717) is 0 Å². The maximum Gasteiger partial charge on any atom is 0.341 e. The molecule has 0 unspecified atom stereocenters. The summed E-state index contributed by atoms with van der Waals surface area (Å²) in [6.07, 6.45) is 0. The monoisotopic (exact) mass is 337 g/mol. The van der Waals surface area contributed by atoms with Crippen LogP contribution in [0.1, 0.15) is 0 Å². The first-order valence-electron chi connectivity index (χ1n) is 8.12. The zero-order valence-electron chi connectivity index (χ0n) is 13.3. The van der Waals surface area contributed by atoms with Crippen LogP contribution in [0.4, 0.5) is 0 Å². The van der Waals surface area contributed by atoms with Gasteiger partial charge in [0.25, 0.3) is 0 Å². The highest BCUT2D eigenvalue weighted by atomic mass is 28.2. The highest BCUT2D eigenvalue weighted by Crippen LogP contribution is 2.42. The van der Waals surface area contributed by atoms with E-state index >= 15 is 0 Å². The average Bonchev–Trinajstić information content (AvgIpc) is 3.04. The Bertz CT molecular complexity index is 1220. The third kappa shape index (κ3) is 2.17. The van der Waals surface area contributed by atoms with Gasteiger partial charge in [-0.05, 0) is 40.6 Å². The molecule has 5 rings (SSSR count). The summed E-state index contributed by atoms with van der Waals surface area (Å²) >= 11 is 0. The number of furan rings is 1. The van der Waals surface area contributed by atoms with Crippen molar-refractivity contribution in [1.82, 2.24) is 0 Å². The molecule has 1 heterocycles. The van der Waals surface area contributed by atoms with Crippen molar-refractivity contribution < 1.29 is 8.84 Å². The molecule has 0 N–H and O–H groups in total. The van der Waals surface area contributed by atoms with E-state index in [0.717, 1.165) is 44.2 Å². The number of hydrogen-bond donors (Lipinski definition) is 0. The van der Waals surface area contributed by atoms with Crippen molar-refractivity contribution >= 4 is 43.2 Å². The molecule has 1 aromatic heterocycles. The zero-order chi connectivity index (χ0) is 16.8. The molecule has 0 saturated heterocycles. The van der Waals surface area contributed by atoms with Gasteiger partial charge < -0.3 is 8.84 Å². The molecular formula is C22H13O2Si. The van der Waals surface area contributed by atoms with Gasteiger partial charge in [0.15, 0.2) is 0 Å². The summed E-state index contributed by atoms with van der Waals surface area (Å²) in [7, 11) is 3.19. The molecule has 0 aliphatic rings. The summed E-state index contributed by atoms with van der Waals surface area (Å²) in [5, 5.41) is 4.38. The number of benzene rings is 4. The summed E-state index contributed by atoms with van der Waals surface area (Å²) in [6.45, 7) is 0. The van der Waals surface area contributed by atoms with Gasteiger partial charge >= 0.3 is 10.5 Å². The van der Waals surface area contributed by atoms with Gasteiger partial charge in [-0.1, -0.05) is 54.6 Å². The SMILES string of the molecule is [Si]Oc1ccc(-c2ccccc2)c2oc3cc4ccccc4cc3c12. The lowest BCUT2D eigenvalue weighted by atomic mass is 10.0. The molecule has 0 bridgehead atoms. The summed E-state index contributed by atoms with van der Waals surface area (Å²) in [5.74, 6) is 0.750. The molecule has 3 heteroatoms. The first kappa shape index (κ1) is 14.3. The molecule has 0 aliphatic carbocycles. The molecule has 117 valence electrons. The summed E-state index contributed by atoms with van der Waals surface area (Å²) in [5.41, 5.74) is 3.88. The van der Waals surface area contributed by atoms with Crippen molar-refractivity contribution in [1.29, 1.82) is 0 Å². The molecule has 0 fully saturated rings. The third-order valence-corrected chi connectivity index (χ3v) is 4.86. The Morgan fingerprint density at radius 1 is 0.760 bits per heavy atom. The Hall–Kier alpha value is -3.04. The average molecular weight is 337 g/mol. The normalized spacial score (nSPS) is 11.4. The van der Waals surface area contributed by atoms with E-state index in [4.69, 9.17) is 8.84 Å². The minimum atomic E-state index is 0.750. The van der Waals surface area contributed by atoms with Gasteiger partial charge in [-0.15, -0.1) is 0 Å². The topological polar surface area (TPSA) is 22.4 Å². The molecule has 2 nitrogen and oxygen atoms in total. The van der Waals surface area contributed by atoms with Crippen molar-refractivity contribution in [2.75, 3.05) is 0 Å². The second kappa shape index (κ2) is 5.50. The first-order valence-corrected chi connectivity index (χ1v) is 8.53. The molecular weight excluding hydrogens is 324 g/mol. The van der Waals surface area contributed by atoms with E-state index < -0.39 is 0 Å². The number of fused-ring (bicyclic) bond motifs is 4. The van der Waals surface area contributed by atoms with Crippen molar-refractivity contribution in [3.05, 3.63) is 78.9 Å². The van der Waals surface area contributed by atoms with E-state index in [1.54, 1.807) is 0 Å². The molecule has 0 spiro atoms. The maximum atomic E-state index is 6.29. The Labute approximate surface area is 148 Å². The van der Waals surface area contributed by atoms with Crippen molar-refractivity contribution in [2.45, 2.75) is 0 Å². The minimum Gasteiger partial charge on any atom is -0.540 e. The van der Waals surface area contributed by atoms with Crippen molar-refractivity contribution in [3.63, 3.8) is 0 Å². The minimum absolute atomic E-state index is 0.750. The van der Waals surface area contributed by atoms with Crippen LogP contribution < -0.4 is 4.43 Å². The Balaban J connectivity index is 1.94. The summed E-state index contributed by atoms with van der Waals surface area (Å²) < 4.78 is 11.7. The van der Waals surface area contributed by atoms with E-state index in [1.807, 2.05) is 42.5 Å². The smallest absolute Gasteiger partial charge is 0.341 e. The standard InChI is InChI=1S/C22H13O2Si/c25-24-19-11-10-17(14-6-2-1-3-7-14)22-21(19)18-12-15-8-4-5-9-16(15)13-20(18)23-22/h1-13H. The Morgan fingerprint density at radius 3 is 2.24 bits per heavy atom. The van der Waals surface area contributed by atoms with Crippen LogP contribution in [0, 0.1) is 0 Å². The lowest BCUT2D eigenvalue weighted by Crippen LogP contribution is -1.87. The van der Waals surface area contributed by atoms with Crippen LogP contribution in [0.15, 0.2) is 83.3 Å². The van der Waals surface area contributed by atoms with E-state index in [1.165, 1.54) is 5.39 Å². The highest BCUT2D eigenvalue weighted by molar-refractivity contribution is 6.16. The molecule has 0 atom stereocenters. The van der Waals surface area contributed by atoms with Crippen LogP contribution in [0.25, 0.3) is 43.8 Å². The molecule has 0 saturated carbocycles. The zero-order valence-corrected chi connectivity index (χ0v) is 14.3. The van der Waals surface area contributed by atoms with Gasteiger partial charge in [0.05, 0.1) is 5.39 Å². The third-order valence-electron chi connectivity index (χ3n) is 4.64. The number of hydrogen-bond acceptors (Lipinski definition) is 2. The first-order chi connectivity index (χ1) is 12.3. The lowest BCUT2D eigenvalue weighted by Gasteiger charge is -2.06. The second-order valence-corrected chi connectivity index (χ2v) is 6.29. The van der Waals surface area contributed by atoms with Gasteiger partial charge in [0, 0.05) is 10.9 Å². The molecule has 0 amide bonds. The molecule has 0 aliphatic heterocycles. The van der Waals surface area contributed by atoms with E-state index in [9.17, 15) is 0 Å². The predicted octanol–water partition coefficient (Wildman–Crippen LogP) is 5.87. The fourth-order valence-corrected chi connectivity index (χ4v) is 3.64. The van der Waals surface area contributed by atoms with Gasteiger partial charge in [0.1, 0.15) is 16.9 Å². The fourth-order valence-electron chi connectivity index (χ4n) is 3.46. The van der Waals surface area contributed by atoms with Crippen molar-refractivity contribution in [3.8, 4) is 16.9 Å². The maximum absolute atomic E-state index is 6.29. The van der Waals surface area contributed by atoms with Crippen molar-refractivity contribution in [2.24, 2.45) is 0 Å². The van der Waals surface area contributed by atoms with Gasteiger partial charge in [-0.25, -0.2) is 0 Å². The second-order valence-electron chi connectivity index (χ2n) is 6.08. The largest absolute Gasteiger partial charge is 0.540 e. The van der Waals surface area contributed by atoms with Crippen LogP contribution in [0.3, 0.4) is 0 Å². The summed E-state index contributed by atoms with van der Waals surface area (Å²) in [4.78, 5) is 0. The number of rotatable bonds is 2. The van der Waals surface area contributed by atoms with Crippen LogP contribution in [-0.4, -0.2) is 10.5 Å². The highest BCUT2D eigenvalue weighted by Gasteiger charge is 2.17. The van der Waals surface area contributed by atoms with Gasteiger partial charge in [0.2, 0.25) is 0 Å². The van der Waals surface area contributed by atoms with Crippen LogP contribution in [0.5, 0.6) is 5.75 Å². The van der Waals surface area contributed by atoms with E-state index in [-0.39, 0.29) is 0 Å². The molecule has 5 aromatic rings. The molecule has 3 radical (unpaired) electrons. The van der Waals surface area contributed by atoms with Crippen LogP contribution in [0.2, 0.25) is 0 Å². The lowest BCUT2D eigenvalue weighted by molar-refractivity contribution is 0.621. The van der Waals surface area contributed by atoms with Crippen LogP contribution >= 0.6 is 0 Å². The van der Waals surface area contributed by atoms with Crippen LogP contribution in [-0.2, 0) is 0 Å². The fraction of sp³-hybridized carbons (Fsp3) is 0. The van der Waals surface area contributed by atoms with Gasteiger partial charge in [-0.2, -0.15) is 0 Å². The molecule has 25 heavy (non-hydrogen) atoms. The Kier molecular flexibility index (Phi) is 3.15. The predicted molar refractivity (Wildman–Crippen MR) is 103 cm³/mol. The summed E-state index contributed by atoms with van der Waals surface area (Å²) in [6, 6.07) is 26.8. The quantitative estimate of drug-likeness (QED) is 0.376. The van der Waals surface area contributed by atoms with E-state index in [2.05, 4.69) is 46.9 Å². The Morgan fingerprint density at radius 2 is 1.48 bits per heavy atom. The van der Waals surface area contributed by atoms with Gasteiger partial charge in [-0.3, -0.25) is 0 Å². The molecule has 4 aromatic carbocycles.